The summed E-state index contributed by atoms with van der Waals surface area (Å²) in [5, 5.41) is 2.79. The van der Waals surface area contributed by atoms with E-state index < -0.39 is 0 Å². The Hall–Kier alpha value is -3.21. The maximum atomic E-state index is 12.5. The Balaban J connectivity index is 1.35. The number of methoxy groups -OCH3 is 1. The lowest BCUT2D eigenvalue weighted by molar-refractivity contribution is -0.116. The number of unbranched alkanes of at least 4 members (excludes halogenated alkanes) is 2. The minimum atomic E-state index is -0.372. The molecule has 0 radical (unpaired) electrons. The van der Waals surface area contributed by atoms with Gasteiger partial charge in [0.25, 0.3) is 5.24 Å². The number of nitrogens with one attached hydrogen (secondary N) is 1. The number of hydrogen-bond acceptors (Lipinski definition) is 8. The van der Waals surface area contributed by atoms with Crippen LogP contribution in [0.15, 0.2) is 53.4 Å². The van der Waals surface area contributed by atoms with Gasteiger partial charge in [-0.1, -0.05) is 44.6 Å². The normalized spacial score (nSPS) is 14.2. The molecule has 1 heterocycles. The molecular weight excluding hydrogens is 546 g/mol. The molecule has 2 aromatic rings. The number of nitrogens with zero attached hydrogens (tertiary/aromatic N) is 2. The van der Waals surface area contributed by atoms with Crippen LogP contribution in [0.25, 0.3) is 6.08 Å². The molecule has 2 aromatic carbocycles. The van der Waals surface area contributed by atoms with E-state index in [1.807, 2.05) is 30.3 Å². The van der Waals surface area contributed by atoms with Gasteiger partial charge in [0.2, 0.25) is 5.91 Å². The summed E-state index contributed by atoms with van der Waals surface area (Å²) in [6.45, 7) is 7.55. The van der Waals surface area contributed by atoms with Crippen LogP contribution in [0.1, 0.15) is 55.5 Å². The van der Waals surface area contributed by atoms with E-state index in [9.17, 15) is 14.4 Å². The van der Waals surface area contributed by atoms with E-state index in [1.165, 1.54) is 0 Å². The first-order valence-corrected chi connectivity index (χ1v) is 14.8. The van der Waals surface area contributed by atoms with Gasteiger partial charge >= 0.3 is 5.97 Å². The number of ether oxygens (including phenoxy) is 2. The molecule has 3 rings (SSSR count). The number of anilines is 1. The smallest absolute Gasteiger partial charge is 0.338 e. The molecule has 0 aromatic heterocycles. The monoisotopic (exact) mass is 583 g/mol. The summed E-state index contributed by atoms with van der Waals surface area (Å²) in [6.07, 6.45) is 4.52. The highest BCUT2D eigenvalue weighted by Gasteiger charge is 2.31. The lowest BCUT2D eigenvalue weighted by Gasteiger charge is -2.17. The highest BCUT2D eigenvalue weighted by molar-refractivity contribution is 8.19. The highest BCUT2D eigenvalue weighted by atomic mass is 32.2. The quantitative estimate of drug-likeness (QED) is 0.114. The Morgan fingerprint density at radius 3 is 2.38 bits per heavy atom. The number of thioether (sulfide) groups is 1. The van der Waals surface area contributed by atoms with Crippen molar-refractivity contribution in [3.8, 4) is 5.75 Å². The Morgan fingerprint density at radius 2 is 1.73 bits per heavy atom. The standard InChI is InChI=1S/C30H37N3O5S2/c1-4-32(5-2)19-20-38-29(35)23-12-14-24(15-13-23)31-27(34)9-7-6-8-18-33-28(39)26(40-30(33)36)21-22-10-16-25(37-3)17-11-22/h10-17,21H,4-9,18-20H2,1-3H3,(H,31,34)/b26-21+. The number of esters is 1. The zero-order valence-electron chi connectivity index (χ0n) is 23.3. The molecule has 0 unspecified atom stereocenters. The van der Waals surface area contributed by atoms with Crippen LogP contribution in [0.3, 0.4) is 0 Å². The number of rotatable bonds is 15. The molecule has 1 saturated heterocycles. The lowest BCUT2D eigenvalue weighted by atomic mass is 10.1. The minimum absolute atomic E-state index is 0.0706. The fourth-order valence-electron chi connectivity index (χ4n) is 4.08. The highest BCUT2D eigenvalue weighted by Crippen LogP contribution is 2.33. The van der Waals surface area contributed by atoms with Crippen molar-refractivity contribution in [2.45, 2.75) is 39.5 Å². The van der Waals surface area contributed by atoms with Gasteiger partial charge in [-0.15, -0.1) is 0 Å². The van der Waals surface area contributed by atoms with Crippen molar-refractivity contribution in [2.75, 3.05) is 45.2 Å². The summed E-state index contributed by atoms with van der Waals surface area (Å²) in [5.41, 5.74) is 2.03. The fourth-order valence-corrected chi connectivity index (χ4v) is 5.37. The van der Waals surface area contributed by atoms with Crippen LogP contribution in [0.5, 0.6) is 5.75 Å². The van der Waals surface area contributed by atoms with E-state index in [-0.39, 0.29) is 17.1 Å². The summed E-state index contributed by atoms with van der Waals surface area (Å²) in [4.78, 5) is 42.2. The molecule has 0 saturated carbocycles. The van der Waals surface area contributed by atoms with Crippen LogP contribution < -0.4 is 10.1 Å². The van der Waals surface area contributed by atoms with Gasteiger partial charge in [0, 0.05) is 25.2 Å². The molecule has 10 heteroatoms. The molecule has 214 valence electrons. The molecule has 0 atom stereocenters. The maximum absolute atomic E-state index is 12.5. The van der Waals surface area contributed by atoms with Crippen molar-refractivity contribution in [3.05, 3.63) is 64.6 Å². The molecule has 0 aliphatic carbocycles. The summed E-state index contributed by atoms with van der Waals surface area (Å²) in [7, 11) is 1.62. The number of benzene rings is 2. The second-order valence-corrected chi connectivity index (χ2v) is 10.6. The van der Waals surface area contributed by atoms with Crippen LogP contribution in [-0.2, 0) is 9.53 Å². The first-order chi connectivity index (χ1) is 19.3. The van der Waals surface area contributed by atoms with Crippen molar-refractivity contribution in [3.63, 3.8) is 0 Å². The van der Waals surface area contributed by atoms with E-state index in [1.54, 1.807) is 36.3 Å². The van der Waals surface area contributed by atoms with E-state index in [0.29, 0.717) is 48.8 Å². The van der Waals surface area contributed by atoms with Gasteiger partial charge in [0.05, 0.1) is 17.6 Å². The Labute approximate surface area is 246 Å². The van der Waals surface area contributed by atoms with Gasteiger partial charge in [0.1, 0.15) is 17.3 Å². The minimum Gasteiger partial charge on any atom is -0.497 e. The maximum Gasteiger partial charge on any atom is 0.338 e. The number of thiocarbonyl (C=S) groups is 1. The molecule has 1 fully saturated rings. The fraction of sp³-hybridized carbons (Fsp3) is 0.400. The van der Waals surface area contributed by atoms with Crippen molar-refractivity contribution < 1.29 is 23.9 Å². The van der Waals surface area contributed by atoms with E-state index in [0.717, 1.165) is 53.9 Å². The van der Waals surface area contributed by atoms with Gasteiger partial charge in [0.15, 0.2) is 0 Å². The number of likely N-dealkylation sites (N-methyl/N-ethyl adjacent to an activating group) is 1. The zero-order chi connectivity index (χ0) is 28.9. The van der Waals surface area contributed by atoms with Gasteiger partial charge in [-0.2, -0.15) is 0 Å². The Kier molecular flexibility index (Phi) is 12.6. The van der Waals surface area contributed by atoms with Gasteiger partial charge < -0.3 is 19.7 Å². The van der Waals surface area contributed by atoms with E-state index >= 15 is 0 Å². The molecule has 1 aliphatic heterocycles. The van der Waals surface area contributed by atoms with E-state index in [2.05, 4.69) is 24.1 Å². The Bertz CT molecular complexity index is 1190. The molecule has 1 aliphatic rings. The van der Waals surface area contributed by atoms with Gasteiger partial charge in [-0.05, 0) is 85.7 Å². The Morgan fingerprint density at radius 1 is 1.02 bits per heavy atom. The molecule has 40 heavy (non-hydrogen) atoms. The number of carbonyl (C=O) groups excluding carboxylic acids is 3. The van der Waals surface area contributed by atoms with Crippen molar-refractivity contribution in [2.24, 2.45) is 0 Å². The third-order valence-electron chi connectivity index (χ3n) is 6.51. The number of hydrogen-bond donors (Lipinski definition) is 1. The molecule has 2 amide bonds. The predicted molar refractivity (Wildman–Crippen MR) is 165 cm³/mol. The number of carbonyl (C=O) groups is 3. The second-order valence-electron chi connectivity index (χ2n) is 9.21. The summed E-state index contributed by atoms with van der Waals surface area (Å²) >= 11 is 6.69. The van der Waals surface area contributed by atoms with E-state index in [4.69, 9.17) is 21.7 Å². The first kappa shape index (κ1) is 31.3. The topological polar surface area (TPSA) is 88.2 Å². The molecule has 0 spiro atoms. The van der Waals surface area contributed by atoms with Crippen LogP contribution in [0.4, 0.5) is 10.5 Å². The zero-order valence-corrected chi connectivity index (χ0v) is 24.9. The van der Waals surface area contributed by atoms with Crippen molar-refractivity contribution in [1.29, 1.82) is 0 Å². The van der Waals surface area contributed by atoms with Crippen LogP contribution in [0, 0.1) is 0 Å². The largest absolute Gasteiger partial charge is 0.497 e. The SMILES string of the molecule is CCN(CC)CCOC(=O)c1ccc(NC(=O)CCCCCN2C(=O)S/C(=C/c3ccc(OC)cc3)C2=S)cc1. The lowest BCUT2D eigenvalue weighted by Crippen LogP contribution is -2.28. The van der Waals surface area contributed by atoms with Crippen molar-refractivity contribution >= 4 is 57.8 Å². The summed E-state index contributed by atoms with van der Waals surface area (Å²) < 4.78 is 10.5. The summed E-state index contributed by atoms with van der Waals surface area (Å²) in [5.74, 6) is 0.303. The van der Waals surface area contributed by atoms with Crippen molar-refractivity contribution in [1.82, 2.24) is 9.80 Å². The second kappa shape index (κ2) is 16.2. The van der Waals surface area contributed by atoms with Gasteiger partial charge in [-0.25, -0.2) is 4.79 Å². The third kappa shape index (κ3) is 9.46. The first-order valence-electron chi connectivity index (χ1n) is 13.5. The van der Waals surface area contributed by atoms with Crippen LogP contribution in [-0.4, -0.2) is 71.8 Å². The van der Waals surface area contributed by atoms with Gasteiger partial charge in [-0.3, -0.25) is 14.5 Å². The molecule has 8 nitrogen and oxygen atoms in total. The predicted octanol–water partition coefficient (Wildman–Crippen LogP) is 6.23. The average molecular weight is 584 g/mol. The molecule has 0 bridgehead atoms. The average Bonchev–Trinajstić information content (AvgIpc) is 3.23. The van der Waals surface area contributed by atoms with Crippen LogP contribution >= 0.6 is 24.0 Å². The van der Waals surface area contributed by atoms with Crippen LogP contribution in [0.2, 0.25) is 0 Å². The summed E-state index contributed by atoms with van der Waals surface area (Å²) in [6, 6.07) is 14.3. The molecule has 1 N–H and O–H groups in total. The third-order valence-corrected chi connectivity index (χ3v) is 8.01. The molecular formula is C30H37N3O5S2. The number of amides is 2.